The van der Waals surface area contributed by atoms with Crippen LogP contribution in [0.25, 0.3) is 0 Å². The number of esters is 1. The first kappa shape index (κ1) is 27.3. The van der Waals surface area contributed by atoms with E-state index in [4.69, 9.17) is 19.2 Å². The summed E-state index contributed by atoms with van der Waals surface area (Å²) < 4.78 is 10.8. The van der Waals surface area contributed by atoms with E-state index in [1.807, 2.05) is 0 Å². The highest BCUT2D eigenvalue weighted by atomic mass is 17.2. The van der Waals surface area contributed by atoms with Gasteiger partial charge in [0, 0.05) is 32.3 Å². The minimum Gasteiger partial charge on any atom is -0.459 e. The second kappa shape index (κ2) is 14.9. The predicted molar refractivity (Wildman–Crippen MR) is 141 cm³/mol. The first-order valence-corrected chi connectivity index (χ1v) is 13.7. The van der Waals surface area contributed by atoms with Crippen LogP contribution in [0, 0.1) is 0 Å². The summed E-state index contributed by atoms with van der Waals surface area (Å²) in [5, 5.41) is 0. The number of hydrogen-bond donors (Lipinski definition) is 2. The number of carbonyl (C=O) groups excluding carboxylic acids is 1. The Morgan fingerprint density at radius 1 is 0.757 bits per heavy atom. The Bertz CT molecular complexity index is 939. The minimum atomic E-state index is -0.161. The van der Waals surface area contributed by atoms with Crippen molar-refractivity contribution in [2.24, 2.45) is 0 Å². The zero-order chi connectivity index (χ0) is 25.7. The molecule has 0 amide bonds. The van der Waals surface area contributed by atoms with Gasteiger partial charge in [-0.25, -0.2) is 4.79 Å². The van der Waals surface area contributed by atoms with Crippen LogP contribution in [0.3, 0.4) is 0 Å². The van der Waals surface area contributed by atoms with Gasteiger partial charge >= 0.3 is 11.9 Å². The van der Waals surface area contributed by atoms with Crippen molar-refractivity contribution in [3.05, 3.63) is 84.3 Å². The Morgan fingerprint density at radius 3 is 1.89 bits per heavy atom. The molecule has 0 atom stereocenters. The van der Waals surface area contributed by atoms with Crippen LogP contribution in [-0.2, 0) is 24.0 Å². The van der Waals surface area contributed by atoms with Crippen molar-refractivity contribution in [1.82, 2.24) is 0 Å². The fourth-order valence-corrected chi connectivity index (χ4v) is 5.40. The molecule has 0 aromatic heterocycles. The minimum absolute atomic E-state index is 0.161. The van der Waals surface area contributed by atoms with E-state index in [1.54, 1.807) is 0 Å². The van der Waals surface area contributed by atoms with Crippen molar-refractivity contribution in [3.8, 4) is 0 Å². The zero-order valence-electron chi connectivity index (χ0n) is 21.9. The van der Waals surface area contributed by atoms with Crippen molar-refractivity contribution in [2.45, 2.75) is 37.5 Å². The molecule has 2 aliphatic heterocycles. The molecule has 2 aliphatic rings. The molecule has 2 aromatic carbocycles. The molecule has 200 valence electrons. The highest BCUT2D eigenvalue weighted by Crippen LogP contribution is 2.24. The largest absolute Gasteiger partial charge is 0.459 e. The van der Waals surface area contributed by atoms with Gasteiger partial charge in [-0.15, -0.1) is 0 Å². The van der Waals surface area contributed by atoms with Crippen LogP contribution in [0.1, 0.15) is 48.6 Å². The molecular formula is C30H42N2O5+2. The number of quaternary nitrogens is 2. The predicted octanol–water partition coefficient (Wildman–Crippen LogP) is 1.89. The van der Waals surface area contributed by atoms with Gasteiger partial charge in [-0.3, -0.25) is 9.79 Å². The Morgan fingerprint density at radius 2 is 1.30 bits per heavy atom. The van der Waals surface area contributed by atoms with Crippen molar-refractivity contribution in [2.75, 3.05) is 59.2 Å². The maximum Gasteiger partial charge on any atom is 0.361 e. The second-order valence-corrected chi connectivity index (χ2v) is 10.1. The van der Waals surface area contributed by atoms with Crippen LogP contribution in [-0.4, -0.2) is 65.1 Å². The van der Waals surface area contributed by atoms with Crippen LogP contribution in [0.5, 0.6) is 0 Å². The molecule has 4 rings (SSSR count). The average Bonchev–Trinajstić information content (AvgIpc) is 2.96. The molecule has 0 saturated carbocycles. The summed E-state index contributed by atoms with van der Waals surface area (Å²) >= 11 is 0. The SMILES string of the molecule is C=C(OOCCOCCOC(=O)C[NH+]1CCC(c2ccccc2)CC1)[NH+]1CCC(c2ccccc2)CC1. The van der Waals surface area contributed by atoms with Gasteiger partial charge in [-0.1, -0.05) is 60.7 Å². The van der Waals surface area contributed by atoms with E-state index in [2.05, 4.69) is 67.2 Å². The lowest BCUT2D eigenvalue weighted by Gasteiger charge is -2.28. The normalized spacial score (nSPS) is 23.8. The summed E-state index contributed by atoms with van der Waals surface area (Å²) in [5.74, 6) is 1.67. The zero-order valence-corrected chi connectivity index (χ0v) is 21.9. The van der Waals surface area contributed by atoms with E-state index >= 15 is 0 Å². The van der Waals surface area contributed by atoms with Crippen LogP contribution < -0.4 is 9.80 Å². The van der Waals surface area contributed by atoms with Crippen LogP contribution in [0.2, 0.25) is 0 Å². The van der Waals surface area contributed by atoms with E-state index in [1.165, 1.54) is 20.9 Å². The lowest BCUT2D eigenvalue weighted by molar-refractivity contribution is -0.898. The number of piperidine rings is 2. The molecule has 0 radical (unpaired) electrons. The van der Waals surface area contributed by atoms with E-state index in [0.29, 0.717) is 44.1 Å². The molecule has 2 fully saturated rings. The molecule has 0 bridgehead atoms. The van der Waals surface area contributed by atoms with Gasteiger partial charge < -0.3 is 14.4 Å². The third-order valence-electron chi connectivity index (χ3n) is 7.57. The molecule has 7 heteroatoms. The Hall–Kier alpha value is -2.71. The molecule has 2 saturated heterocycles. The van der Waals surface area contributed by atoms with Gasteiger partial charge in [0.05, 0.1) is 39.4 Å². The smallest absolute Gasteiger partial charge is 0.361 e. The number of likely N-dealkylation sites (tertiary alicyclic amines) is 2. The molecule has 2 N–H and O–H groups in total. The lowest BCUT2D eigenvalue weighted by Crippen LogP contribution is -3.13. The summed E-state index contributed by atoms with van der Waals surface area (Å²) in [7, 11) is 0. The topological polar surface area (TPSA) is 62.9 Å². The summed E-state index contributed by atoms with van der Waals surface area (Å²) in [6.45, 7) is 9.69. The number of ether oxygens (including phenoxy) is 2. The molecule has 37 heavy (non-hydrogen) atoms. The average molecular weight is 511 g/mol. The van der Waals surface area contributed by atoms with E-state index in [-0.39, 0.29) is 12.6 Å². The molecule has 7 nitrogen and oxygen atoms in total. The van der Waals surface area contributed by atoms with Crippen LogP contribution in [0.4, 0.5) is 0 Å². The number of hydrogen-bond acceptors (Lipinski definition) is 5. The molecule has 0 aliphatic carbocycles. The van der Waals surface area contributed by atoms with E-state index < -0.39 is 0 Å². The van der Waals surface area contributed by atoms with Crippen LogP contribution >= 0.6 is 0 Å². The maximum atomic E-state index is 12.2. The van der Waals surface area contributed by atoms with Gasteiger partial charge in [0.25, 0.3) is 0 Å². The lowest BCUT2D eigenvalue weighted by atomic mass is 9.89. The van der Waals surface area contributed by atoms with Crippen molar-refractivity contribution < 1.29 is 33.8 Å². The van der Waals surface area contributed by atoms with E-state index in [0.717, 1.165) is 51.9 Å². The summed E-state index contributed by atoms with van der Waals surface area (Å²) in [6.07, 6.45) is 4.43. The highest BCUT2D eigenvalue weighted by molar-refractivity contribution is 5.70. The number of nitrogens with one attached hydrogen (secondary N) is 2. The van der Waals surface area contributed by atoms with Gasteiger partial charge in [0.2, 0.25) is 0 Å². The molecule has 0 spiro atoms. The van der Waals surface area contributed by atoms with Crippen molar-refractivity contribution in [3.63, 3.8) is 0 Å². The van der Waals surface area contributed by atoms with Crippen molar-refractivity contribution >= 4 is 5.97 Å². The summed E-state index contributed by atoms with van der Waals surface area (Å²) in [4.78, 5) is 25.4. The van der Waals surface area contributed by atoms with E-state index in [9.17, 15) is 4.79 Å². The molecule has 0 unspecified atom stereocenters. The summed E-state index contributed by atoms with van der Waals surface area (Å²) in [5.41, 5.74) is 2.82. The van der Waals surface area contributed by atoms with Crippen LogP contribution in [0.15, 0.2) is 73.1 Å². The fourth-order valence-electron chi connectivity index (χ4n) is 5.40. The van der Waals surface area contributed by atoms with Gasteiger partial charge in [0.1, 0.15) is 13.2 Å². The number of rotatable bonds is 13. The fraction of sp³-hybridized carbons (Fsp3) is 0.500. The highest BCUT2D eigenvalue weighted by Gasteiger charge is 2.27. The quantitative estimate of drug-likeness (QED) is 0.142. The molecule has 2 heterocycles. The Labute approximate surface area is 220 Å². The standard InChI is InChI=1S/C30H40N2O5/c1-25(32-18-14-29(15-19-32)27-10-6-3-7-11-27)37-36-23-21-34-20-22-35-30(33)24-31-16-12-28(13-17-31)26-8-4-2-5-9-26/h2-11,28-29H,1,12-24H2/p+2. The van der Waals surface area contributed by atoms with Gasteiger partial charge in [-0.05, 0) is 23.0 Å². The molecule has 2 aromatic rings. The molecular weight excluding hydrogens is 468 g/mol. The Balaban J connectivity index is 0.973. The first-order chi connectivity index (χ1) is 18.2. The Kier molecular flexibility index (Phi) is 11.0. The first-order valence-electron chi connectivity index (χ1n) is 13.7. The number of carbonyl (C=O) groups is 1. The number of benzene rings is 2. The maximum absolute atomic E-state index is 12.2. The third kappa shape index (κ3) is 8.97. The van der Waals surface area contributed by atoms with Gasteiger partial charge in [-0.2, -0.15) is 4.89 Å². The monoisotopic (exact) mass is 510 g/mol. The second-order valence-electron chi connectivity index (χ2n) is 10.1. The van der Waals surface area contributed by atoms with Gasteiger partial charge in [0.15, 0.2) is 6.54 Å². The third-order valence-corrected chi connectivity index (χ3v) is 7.57. The summed E-state index contributed by atoms with van der Waals surface area (Å²) in [6, 6.07) is 21.3. The van der Waals surface area contributed by atoms with Crippen molar-refractivity contribution in [1.29, 1.82) is 0 Å².